The van der Waals surface area contributed by atoms with Crippen LogP contribution >= 0.6 is 0 Å². The number of rotatable bonds is 4. The first-order valence-electron chi connectivity index (χ1n) is 7.13. The fourth-order valence-corrected chi connectivity index (χ4v) is 2.62. The van der Waals surface area contributed by atoms with Gasteiger partial charge in [0.1, 0.15) is 0 Å². The predicted octanol–water partition coefficient (Wildman–Crippen LogP) is 3.64. The van der Waals surface area contributed by atoms with E-state index in [4.69, 9.17) is 4.74 Å². The zero-order chi connectivity index (χ0) is 13.8. The number of hydrogen-bond donors (Lipinski definition) is 0. The molecule has 0 aliphatic carbocycles. The quantitative estimate of drug-likeness (QED) is 0.790. The molecule has 102 valence electrons. The predicted molar refractivity (Wildman–Crippen MR) is 79.0 cm³/mol. The third kappa shape index (κ3) is 2.97. The zero-order valence-corrected chi connectivity index (χ0v) is 11.4. The maximum absolute atomic E-state index is 12.3. The lowest BCUT2D eigenvalue weighted by molar-refractivity contribution is 0.103. The minimum atomic E-state index is 0.0780. The van der Waals surface area contributed by atoms with Gasteiger partial charge in [-0.2, -0.15) is 0 Å². The molecule has 2 aromatic rings. The number of benzene rings is 2. The second kappa shape index (κ2) is 6.02. The fourth-order valence-electron chi connectivity index (χ4n) is 2.62. The molecule has 0 saturated carbocycles. The maximum Gasteiger partial charge on any atom is 0.193 e. The summed E-state index contributed by atoms with van der Waals surface area (Å²) >= 11 is 0. The Morgan fingerprint density at radius 2 is 1.70 bits per heavy atom. The van der Waals surface area contributed by atoms with Crippen LogP contribution in [0, 0.1) is 0 Å². The topological polar surface area (TPSA) is 26.3 Å². The lowest BCUT2D eigenvalue weighted by Crippen LogP contribution is -2.09. The standard InChI is InChI=1S/C18H18O2/c19-18(15-5-2-1-3-6-15)16-10-8-14(9-11-16)13-17-7-4-12-20-17/h1-3,5-6,8-11,17H,4,7,12-13H2/t17-/m0/s1. The molecule has 1 saturated heterocycles. The molecular weight excluding hydrogens is 248 g/mol. The zero-order valence-electron chi connectivity index (χ0n) is 11.4. The van der Waals surface area contributed by atoms with Crippen LogP contribution in [0.1, 0.15) is 34.3 Å². The monoisotopic (exact) mass is 266 g/mol. The molecule has 0 bridgehead atoms. The summed E-state index contributed by atoms with van der Waals surface area (Å²) in [5.41, 5.74) is 2.72. The summed E-state index contributed by atoms with van der Waals surface area (Å²) in [6.45, 7) is 0.884. The third-order valence-corrected chi connectivity index (χ3v) is 3.74. The molecule has 0 spiro atoms. The molecule has 3 rings (SSSR count). The van der Waals surface area contributed by atoms with E-state index in [0.717, 1.165) is 37.0 Å². The third-order valence-electron chi connectivity index (χ3n) is 3.74. The number of ether oxygens (including phenoxy) is 1. The van der Waals surface area contributed by atoms with Crippen molar-refractivity contribution in [1.82, 2.24) is 0 Å². The van der Waals surface area contributed by atoms with Crippen molar-refractivity contribution < 1.29 is 9.53 Å². The minimum Gasteiger partial charge on any atom is -0.378 e. The van der Waals surface area contributed by atoms with E-state index in [1.807, 2.05) is 54.6 Å². The first-order chi connectivity index (χ1) is 9.83. The summed E-state index contributed by atoms with van der Waals surface area (Å²) in [4.78, 5) is 12.3. The molecule has 1 aliphatic rings. The van der Waals surface area contributed by atoms with E-state index in [0.29, 0.717) is 6.10 Å². The Balaban J connectivity index is 1.71. The van der Waals surface area contributed by atoms with Gasteiger partial charge in [0.15, 0.2) is 5.78 Å². The molecule has 1 atom stereocenters. The van der Waals surface area contributed by atoms with Crippen LogP contribution in [-0.2, 0) is 11.2 Å². The van der Waals surface area contributed by atoms with Crippen molar-refractivity contribution in [3.8, 4) is 0 Å². The van der Waals surface area contributed by atoms with E-state index in [9.17, 15) is 4.79 Å². The van der Waals surface area contributed by atoms with Crippen LogP contribution in [0.25, 0.3) is 0 Å². The van der Waals surface area contributed by atoms with Crippen LogP contribution in [0.4, 0.5) is 0 Å². The largest absolute Gasteiger partial charge is 0.378 e. The Bertz CT molecular complexity index is 566. The summed E-state index contributed by atoms with van der Waals surface area (Å²) in [6, 6.07) is 17.3. The molecule has 1 heterocycles. The minimum absolute atomic E-state index is 0.0780. The van der Waals surface area contributed by atoms with Gasteiger partial charge in [-0.1, -0.05) is 54.6 Å². The van der Waals surface area contributed by atoms with Gasteiger partial charge in [-0.05, 0) is 24.8 Å². The van der Waals surface area contributed by atoms with Gasteiger partial charge >= 0.3 is 0 Å². The molecule has 0 aromatic heterocycles. The highest BCUT2D eigenvalue weighted by atomic mass is 16.5. The van der Waals surface area contributed by atoms with Crippen LogP contribution in [0.15, 0.2) is 54.6 Å². The van der Waals surface area contributed by atoms with Crippen molar-refractivity contribution in [2.24, 2.45) is 0 Å². The van der Waals surface area contributed by atoms with Gasteiger partial charge in [0.05, 0.1) is 6.10 Å². The molecule has 0 radical (unpaired) electrons. The highest BCUT2D eigenvalue weighted by Gasteiger charge is 2.16. The van der Waals surface area contributed by atoms with Crippen molar-refractivity contribution in [3.63, 3.8) is 0 Å². The van der Waals surface area contributed by atoms with Crippen molar-refractivity contribution in [2.75, 3.05) is 6.61 Å². The molecule has 0 amide bonds. The summed E-state index contributed by atoms with van der Waals surface area (Å²) in [6.07, 6.45) is 3.60. The van der Waals surface area contributed by atoms with E-state index in [1.165, 1.54) is 5.56 Å². The number of ketones is 1. The van der Waals surface area contributed by atoms with Gasteiger partial charge in [-0.3, -0.25) is 4.79 Å². The molecule has 2 aromatic carbocycles. The molecule has 0 N–H and O–H groups in total. The average molecular weight is 266 g/mol. The second-order valence-corrected chi connectivity index (χ2v) is 5.23. The SMILES string of the molecule is O=C(c1ccccc1)c1ccc(C[C@@H]2CCCO2)cc1. The Labute approximate surface area is 119 Å². The average Bonchev–Trinajstić information content (AvgIpc) is 3.01. The van der Waals surface area contributed by atoms with Gasteiger partial charge < -0.3 is 4.74 Å². The van der Waals surface area contributed by atoms with E-state index >= 15 is 0 Å². The number of hydrogen-bond acceptors (Lipinski definition) is 2. The molecular formula is C18H18O2. The first-order valence-corrected chi connectivity index (χ1v) is 7.13. The molecule has 1 aliphatic heterocycles. The van der Waals surface area contributed by atoms with E-state index < -0.39 is 0 Å². The van der Waals surface area contributed by atoms with Crippen LogP contribution in [0.2, 0.25) is 0 Å². The summed E-state index contributed by atoms with van der Waals surface area (Å²) in [7, 11) is 0. The normalized spacial score (nSPS) is 18.1. The van der Waals surface area contributed by atoms with Gasteiger partial charge in [0.2, 0.25) is 0 Å². The Morgan fingerprint density at radius 1 is 1.00 bits per heavy atom. The van der Waals surface area contributed by atoms with Gasteiger partial charge in [0, 0.05) is 17.7 Å². The second-order valence-electron chi connectivity index (χ2n) is 5.23. The number of carbonyl (C=O) groups is 1. The fraction of sp³-hybridized carbons (Fsp3) is 0.278. The van der Waals surface area contributed by atoms with E-state index in [2.05, 4.69) is 0 Å². The Kier molecular flexibility index (Phi) is 3.93. The molecule has 0 unspecified atom stereocenters. The van der Waals surface area contributed by atoms with Gasteiger partial charge in [-0.15, -0.1) is 0 Å². The van der Waals surface area contributed by atoms with Gasteiger partial charge in [-0.25, -0.2) is 0 Å². The highest BCUT2D eigenvalue weighted by molar-refractivity contribution is 6.08. The van der Waals surface area contributed by atoms with Crippen LogP contribution < -0.4 is 0 Å². The van der Waals surface area contributed by atoms with Crippen molar-refractivity contribution in [1.29, 1.82) is 0 Å². The van der Waals surface area contributed by atoms with Gasteiger partial charge in [0.25, 0.3) is 0 Å². The Morgan fingerprint density at radius 3 is 2.35 bits per heavy atom. The highest BCUT2D eigenvalue weighted by Crippen LogP contribution is 2.18. The van der Waals surface area contributed by atoms with Crippen molar-refractivity contribution in [2.45, 2.75) is 25.4 Å². The van der Waals surface area contributed by atoms with Crippen LogP contribution in [0.5, 0.6) is 0 Å². The van der Waals surface area contributed by atoms with Crippen LogP contribution in [-0.4, -0.2) is 18.5 Å². The van der Waals surface area contributed by atoms with Crippen molar-refractivity contribution in [3.05, 3.63) is 71.3 Å². The smallest absolute Gasteiger partial charge is 0.193 e. The maximum atomic E-state index is 12.3. The molecule has 2 heteroatoms. The molecule has 1 fully saturated rings. The number of carbonyl (C=O) groups excluding carboxylic acids is 1. The first kappa shape index (κ1) is 13.1. The lowest BCUT2D eigenvalue weighted by Gasteiger charge is -2.09. The van der Waals surface area contributed by atoms with Crippen LogP contribution in [0.3, 0.4) is 0 Å². The summed E-state index contributed by atoms with van der Waals surface area (Å²) < 4.78 is 5.64. The van der Waals surface area contributed by atoms with E-state index in [1.54, 1.807) is 0 Å². The van der Waals surface area contributed by atoms with Crippen molar-refractivity contribution >= 4 is 5.78 Å². The Hall–Kier alpha value is -1.93. The molecule has 20 heavy (non-hydrogen) atoms. The van der Waals surface area contributed by atoms with E-state index in [-0.39, 0.29) is 5.78 Å². The summed E-state index contributed by atoms with van der Waals surface area (Å²) in [5.74, 6) is 0.0780. The summed E-state index contributed by atoms with van der Waals surface area (Å²) in [5, 5.41) is 0. The molecule has 2 nitrogen and oxygen atoms in total. The lowest BCUT2D eigenvalue weighted by atomic mass is 10.00.